The molecule has 1 aromatic carbocycles. The number of aromatic nitrogens is 1. The summed E-state index contributed by atoms with van der Waals surface area (Å²) in [7, 11) is 0. The molecule has 2 aromatic rings. The third-order valence-electron chi connectivity index (χ3n) is 3.34. The fourth-order valence-corrected chi connectivity index (χ4v) is 2.15. The molecule has 0 spiro atoms. The Kier molecular flexibility index (Phi) is 6.20. The molecular weight excluding hydrogens is 297 g/mol. The molecule has 2 heterocycles. The highest BCUT2D eigenvalue weighted by Gasteiger charge is 2.18. The first kappa shape index (κ1) is 16.7. The third kappa shape index (κ3) is 3.39. The van der Waals surface area contributed by atoms with Crippen LogP contribution in [0.25, 0.3) is 10.8 Å². The van der Waals surface area contributed by atoms with Gasteiger partial charge in [0.15, 0.2) is 0 Å². The number of benzene rings is 1. The van der Waals surface area contributed by atoms with Gasteiger partial charge in [0.1, 0.15) is 0 Å². The van der Waals surface area contributed by atoms with Crippen molar-refractivity contribution < 1.29 is 4.79 Å². The molecule has 0 radical (unpaired) electrons. The van der Waals surface area contributed by atoms with Gasteiger partial charge in [-0.15, -0.1) is 24.8 Å². The van der Waals surface area contributed by atoms with Crippen LogP contribution in [0.15, 0.2) is 36.7 Å². The summed E-state index contributed by atoms with van der Waals surface area (Å²) in [4.78, 5) is 16.2. The predicted octanol–water partition coefficient (Wildman–Crippen LogP) is 2.03. The van der Waals surface area contributed by atoms with E-state index in [0.717, 1.165) is 36.0 Å². The molecule has 108 valence electrons. The van der Waals surface area contributed by atoms with Gasteiger partial charge in [0.05, 0.1) is 0 Å². The second kappa shape index (κ2) is 7.43. The maximum atomic E-state index is 12.2. The summed E-state index contributed by atoms with van der Waals surface area (Å²) in [6.45, 7) is 2.74. The zero-order valence-electron chi connectivity index (χ0n) is 10.8. The van der Waals surface area contributed by atoms with E-state index in [2.05, 4.69) is 15.6 Å². The van der Waals surface area contributed by atoms with Gasteiger partial charge >= 0.3 is 0 Å². The van der Waals surface area contributed by atoms with Crippen LogP contribution in [-0.2, 0) is 0 Å². The van der Waals surface area contributed by atoms with Crippen molar-refractivity contribution in [1.82, 2.24) is 15.6 Å². The van der Waals surface area contributed by atoms with E-state index in [0.29, 0.717) is 5.92 Å². The number of pyridine rings is 1. The molecule has 0 atom stereocenters. The van der Waals surface area contributed by atoms with E-state index < -0.39 is 0 Å². The standard InChI is InChI=1S/C14H15N3O.2ClH/c18-14(17-8-10-6-16-7-10)13-3-1-2-11-9-15-5-4-12(11)13;;/h1-5,9-10,16H,6-8H2,(H,17,18);2*1H. The minimum Gasteiger partial charge on any atom is -0.352 e. The molecule has 1 aliphatic heterocycles. The molecule has 1 aliphatic rings. The average molecular weight is 314 g/mol. The summed E-state index contributed by atoms with van der Waals surface area (Å²) in [5.41, 5.74) is 0.724. The number of nitrogens with zero attached hydrogens (tertiary/aromatic N) is 1. The fourth-order valence-electron chi connectivity index (χ4n) is 2.15. The summed E-state index contributed by atoms with van der Waals surface area (Å²) < 4.78 is 0. The van der Waals surface area contributed by atoms with Crippen molar-refractivity contribution >= 4 is 41.5 Å². The van der Waals surface area contributed by atoms with Gasteiger partial charge in [-0.1, -0.05) is 12.1 Å². The van der Waals surface area contributed by atoms with Gasteiger partial charge in [0, 0.05) is 48.9 Å². The highest BCUT2D eigenvalue weighted by Crippen LogP contribution is 2.17. The van der Waals surface area contributed by atoms with Crippen LogP contribution in [-0.4, -0.2) is 30.5 Å². The lowest BCUT2D eigenvalue weighted by atomic mass is 10.0. The molecule has 6 heteroatoms. The van der Waals surface area contributed by atoms with Crippen LogP contribution in [0.1, 0.15) is 10.4 Å². The van der Waals surface area contributed by atoms with Gasteiger partial charge in [0.25, 0.3) is 5.91 Å². The van der Waals surface area contributed by atoms with Crippen LogP contribution in [0, 0.1) is 5.92 Å². The van der Waals surface area contributed by atoms with E-state index >= 15 is 0 Å². The lowest BCUT2D eigenvalue weighted by Gasteiger charge is -2.27. The average Bonchev–Trinajstić information content (AvgIpc) is 2.36. The number of fused-ring (bicyclic) bond motifs is 1. The quantitative estimate of drug-likeness (QED) is 0.911. The molecule has 2 N–H and O–H groups in total. The van der Waals surface area contributed by atoms with E-state index in [1.54, 1.807) is 12.4 Å². The van der Waals surface area contributed by atoms with E-state index in [9.17, 15) is 4.79 Å². The summed E-state index contributed by atoms with van der Waals surface area (Å²) in [5.74, 6) is 0.573. The van der Waals surface area contributed by atoms with E-state index in [-0.39, 0.29) is 30.7 Å². The van der Waals surface area contributed by atoms with Gasteiger partial charge < -0.3 is 10.6 Å². The van der Waals surface area contributed by atoms with Crippen LogP contribution < -0.4 is 10.6 Å². The number of amides is 1. The van der Waals surface area contributed by atoms with Crippen molar-refractivity contribution in [3.63, 3.8) is 0 Å². The predicted molar refractivity (Wildman–Crippen MR) is 84.9 cm³/mol. The Morgan fingerprint density at radius 2 is 2.10 bits per heavy atom. The molecule has 0 bridgehead atoms. The van der Waals surface area contributed by atoms with Gasteiger partial charge in [-0.3, -0.25) is 9.78 Å². The number of hydrogen-bond acceptors (Lipinski definition) is 3. The van der Waals surface area contributed by atoms with Crippen LogP contribution in [0.4, 0.5) is 0 Å². The lowest BCUT2D eigenvalue weighted by molar-refractivity contribution is 0.0944. The summed E-state index contributed by atoms with van der Waals surface area (Å²) in [6, 6.07) is 7.60. The van der Waals surface area contributed by atoms with E-state index in [4.69, 9.17) is 0 Å². The normalized spacial score (nSPS) is 13.8. The minimum absolute atomic E-state index is 0. The molecule has 1 aromatic heterocycles. The second-order valence-corrected chi connectivity index (χ2v) is 4.64. The molecule has 0 saturated carbocycles. The number of nitrogens with one attached hydrogen (secondary N) is 2. The highest BCUT2D eigenvalue weighted by molar-refractivity contribution is 6.06. The van der Waals surface area contributed by atoms with Crippen molar-refractivity contribution in [1.29, 1.82) is 0 Å². The topological polar surface area (TPSA) is 54.0 Å². The first-order valence-corrected chi connectivity index (χ1v) is 6.16. The zero-order chi connectivity index (χ0) is 12.4. The molecule has 0 aliphatic carbocycles. The first-order chi connectivity index (χ1) is 8.84. The van der Waals surface area contributed by atoms with Crippen LogP contribution in [0.3, 0.4) is 0 Å². The lowest BCUT2D eigenvalue weighted by Crippen LogP contribution is -2.48. The van der Waals surface area contributed by atoms with Gasteiger partial charge in [-0.2, -0.15) is 0 Å². The number of carbonyl (C=O) groups excluding carboxylic acids is 1. The molecule has 1 saturated heterocycles. The van der Waals surface area contributed by atoms with E-state index in [1.165, 1.54) is 0 Å². The van der Waals surface area contributed by atoms with Gasteiger partial charge in [-0.25, -0.2) is 0 Å². The Bertz CT molecular complexity index is 582. The van der Waals surface area contributed by atoms with Crippen LogP contribution >= 0.6 is 24.8 Å². The van der Waals surface area contributed by atoms with Crippen LogP contribution in [0.2, 0.25) is 0 Å². The van der Waals surface area contributed by atoms with Crippen molar-refractivity contribution in [2.75, 3.05) is 19.6 Å². The molecule has 1 fully saturated rings. The Hall–Kier alpha value is -1.36. The highest BCUT2D eigenvalue weighted by atomic mass is 35.5. The SMILES string of the molecule is Cl.Cl.O=C(NCC1CNC1)c1cccc2cnccc12. The Balaban J connectivity index is 0.000001000. The van der Waals surface area contributed by atoms with Crippen LogP contribution in [0.5, 0.6) is 0 Å². The Morgan fingerprint density at radius 3 is 2.80 bits per heavy atom. The maximum absolute atomic E-state index is 12.2. The van der Waals surface area contributed by atoms with Crippen molar-refractivity contribution in [3.8, 4) is 0 Å². The third-order valence-corrected chi connectivity index (χ3v) is 3.34. The largest absolute Gasteiger partial charge is 0.352 e. The monoisotopic (exact) mass is 313 g/mol. The number of halogens is 2. The zero-order valence-corrected chi connectivity index (χ0v) is 12.5. The summed E-state index contributed by atoms with van der Waals surface area (Å²) in [5, 5.41) is 8.14. The molecular formula is C14H17Cl2N3O. The first-order valence-electron chi connectivity index (χ1n) is 6.16. The fraction of sp³-hybridized carbons (Fsp3) is 0.286. The number of carbonyl (C=O) groups is 1. The molecule has 1 amide bonds. The van der Waals surface area contributed by atoms with E-state index in [1.807, 2.05) is 24.3 Å². The second-order valence-electron chi connectivity index (χ2n) is 4.64. The molecule has 0 unspecified atom stereocenters. The summed E-state index contributed by atoms with van der Waals surface area (Å²) in [6.07, 6.45) is 3.50. The van der Waals surface area contributed by atoms with Crippen molar-refractivity contribution in [2.45, 2.75) is 0 Å². The molecule has 3 rings (SSSR count). The molecule has 4 nitrogen and oxygen atoms in total. The number of rotatable bonds is 3. The van der Waals surface area contributed by atoms with Gasteiger partial charge in [-0.05, 0) is 17.5 Å². The van der Waals surface area contributed by atoms with Crippen molar-refractivity contribution in [2.24, 2.45) is 5.92 Å². The Morgan fingerprint density at radius 1 is 1.30 bits per heavy atom. The molecule has 20 heavy (non-hydrogen) atoms. The van der Waals surface area contributed by atoms with Gasteiger partial charge in [0.2, 0.25) is 0 Å². The summed E-state index contributed by atoms with van der Waals surface area (Å²) >= 11 is 0. The minimum atomic E-state index is -0.00120. The Labute approximate surface area is 130 Å². The maximum Gasteiger partial charge on any atom is 0.251 e. The van der Waals surface area contributed by atoms with Crippen molar-refractivity contribution in [3.05, 3.63) is 42.2 Å². The smallest absolute Gasteiger partial charge is 0.251 e. The number of hydrogen-bond donors (Lipinski definition) is 2.